The van der Waals surface area contributed by atoms with Crippen molar-refractivity contribution in [2.45, 2.75) is 12.5 Å². The van der Waals surface area contributed by atoms with Gasteiger partial charge in [0.05, 0.1) is 6.04 Å². The summed E-state index contributed by atoms with van der Waals surface area (Å²) in [4.78, 5) is 11.3. The summed E-state index contributed by atoms with van der Waals surface area (Å²) in [5.41, 5.74) is 1.65. The molecule has 1 fully saturated rings. The number of hydrogen-bond acceptors (Lipinski definition) is 3. The lowest BCUT2D eigenvalue weighted by molar-refractivity contribution is -0.116. The maximum atomic E-state index is 11.3. The van der Waals surface area contributed by atoms with Crippen LogP contribution in [0, 0.1) is 0 Å². The minimum absolute atomic E-state index is 0.00880. The van der Waals surface area contributed by atoms with E-state index < -0.39 is 0 Å². The topological polar surface area (TPSA) is 47.6 Å². The maximum absolute atomic E-state index is 11.3. The summed E-state index contributed by atoms with van der Waals surface area (Å²) in [6.07, 6.45) is 0.651. The molecule has 1 saturated heterocycles. The van der Waals surface area contributed by atoms with Crippen molar-refractivity contribution >= 4 is 5.91 Å². The molecule has 1 amide bonds. The number of hydrogen-bond donors (Lipinski definition) is 1. The number of rotatable bonds is 1. The first-order valence-electron chi connectivity index (χ1n) is 5.12. The van der Waals surface area contributed by atoms with Crippen molar-refractivity contribution in [3.05, 3.63) is 35.9 Å². The molecule has 1 atom stereocenters. The highest BCUT2D eigenvalue weighted by molar-refractivity contribution is 5.95. The molecule has 1 N–H and O–H groups in total. The van der Waals surface area contributed by atoms with Crippen LogP contribution in [0.15, 0.2) is 30.4 Å². The van der Waals surface area contributed by atoms with E-state index in [4.69, 9.17) is 9.47 Å². The summed E-state index contributed by atoms with van der Waals surface area (Å²) in [5, 5.41) is 2.88. The van der Waals surface area contributed by atoms with Crippen molar-refractivity contribution in [2.75, 3.05) is 6.79 Å². The van der Waals surface area contributed by atoms with Crippen LogP contribution in [0.5, 0.6) is 11.5 Å². The van der Waals surface area contributed by atoms with Crippen molar-refractivity contribution in [2.24, 2.45) is 0 Å². The molecule has 1 aromatic rings. The van der Waals surface area contributed by atoms with Gasteiger partial charge in [-0.2, -0.15) is 0 Å². The summed E-state index contributed by atoms with van der Waals surface area (Å²) in [6.45, 7) is 3.98. The van der Waals surface area contributed by atoms with E-state index in [9.17, 15) is 4.79 Å². The molecule has 4 heteroatoms. The smallest absolute Gasteiger partial charge is 0.247 e. The van der Waals surface area contributed by atoms with Gasteiger partial charge in [0.15, 0.2) is 11.5 Å². The molecule has 82 valence electrons. The predicted molar refractivity (Wildman–Crippen MR) is 57.2 cm³/mol. The first-order valence-corrected chi connectivity index (χ1v) is 5.12. The van der Waals surface area contributed by atoms with Gasteiger partial charge in [0, 0.05) is 12.0 Å². The summed E-state index contributed by atoms with van der Waals surface area (Å²) in [6, 6.07) is 5.72. The van der Waals surface area contributed by atoms with Gasteiger partial charge in [-0.05, 0) is 17.7 Å². The third-order valence-corrected chi connectivity index (χ3v) is 2.88. The van der Waals surface area contributed by atoms with Crippen LogP contribution in [0.1, 0.15) is 18.0 Å². The van der Waals surface area contributed by atoms with Crippen molar-refractivity contribution in [3.63, 3.8) is 0 Å². The van der Waals surface area contributed by atoms with Gasteiger partial charge in [-0.25, -0.2) is 0 Å². The van der Waals surface area contributed by atoms with Gasteiger partial charge in [0.2, 0.25) is 12.7 Å². The summed E-state index contributed by atoms with van der Waals surface area (Å²) in [5.74, 6) is 1.43. The van der Waals surface area contributed by atoms with Crippen LogP contribution in [0.4, 0.5) is 0 Å². The molecule has 0 bridgehead atoms. The number of benzene rings is 1. The van der Waals surface area contributed by atoms with E-state index in [1.165, 1.54) is 0 Å². The molecule has 0 aliphatic carbocycles. The lowest BCUT2D eigenvalue weighted by atomic mass is 10.0. The third kappa shape index (κ3) is 1.34. The highest BCUT2D eigenvalue weighted by atomic mass is 16.7. The van der Waals surface area contributed by atoms with E-state index in [0.717, 1.165) is 17.1 Å². The highest BCUT2D eigenvalue weighted by Gasteiger charge is 2.27. The average molecular weight is 217 g/mol. The van der Waals surface area contributed by atoms with Gasteiger partial charge < -0.3 is 14.8 Å². The molecular formula is C12H11NO3. The van der Waals surface area contributed by atoms with Gasteiger partial charge in [-0.1, -0.05) is 12.6 Å². The second kappa shape index (κ2) is 3.27. The Morgan fingerprint density at radius 1 is 1.31 bits per heavy atom. The Morgan fingerprint density at radius 2 is 2.12 bits per heavy atom. The lowest BCUT2D eigenvalue weighted by Crippen LogP contribution is -2.18. The number of carbonyl (C=O) groups is 1. The fraction of sp³-hybridized carbons (Fsp3) is 0.250. The first-order chi connectivity index (χ1) is 7.74. The predicted octanol–water partition coefficient (Wildman–Crippen LogP) is 1.53. The van der Waals surface area contributed by atoms with Crippen LogP contribution >= 0.6 is 0 Å². The Labute approximate surface area is 92.9 Å². The molecule has 4 nitrogen and oxygen atoms in total. The van der Waals surface area contributed by atoms with Gasteiger partial charge >= 0.3 is 0 Å². The van der Waals surface area contributed by atoms with E-state index in [0.29, 0.717) is 12.0 Å². The second-order valence-corrected chi connectivity index (χ2v) is 3.95. The average Bonchev–Trinajstić information content (AvgIpc) is 2.85. The minimum Gasteiger partial charge on any atom is -0.454 e. The molecule has 2 aliphatic rings. The fourth-order valence-electron chi connectivity index (χ4n) is 1.98. The van der Waals surface area contributed by atoms with Gasteiger partial charge in [-0.15, -0.1) is 0 Å². The van der Waals surface area contributed by atoms with Crippen LogP contribution in [-0.2, 0) is 4.79 Å². The van der Waals surface area contributed by atoms with E-state index in [2.05, 4.69) is 11.9 Å². The number of nitrogens with one attached hydrogen (secondary N) is 1. The largest absolute Gasteiger partial charge is 0.454 e. The van der Waals surface area contributed by atoms with Crippen LogP contribution in [-0.4, -0.2) is 12.7 Å². The summed E-state index contributed by atoms with van der Waals surface area (Å²) >= 11 is 0. The van der Waals surface area contributed by atoms with E-state index in [1.54, 1.807) is 0 Å². The first kappa shape index (κ1) is 9.27. The van der Waals surface area contributed by atoms with Gasteiger partial charge in [0.1, 0.15) is 0 Å². The van der Waals surface area contributed by atoms with Gasteiger partial charge in [0.25, 0.3) is 0 Å². The lowest BCUT2D eigenvalue weighted by Gasteiger charge is -2.10. The maximum Gasteiger partial charge on any atom is 0.247 e. The third-order valence-electron chi connectivity index (χ3n) is 2.88. The van der Waals surface area contributed by atoms with E-state index in [1.807, 2.05) is 18.2 Å². The molecule has 2 heterocycles. The SMILES string of the molecule is C=C1CC(c2ccc3c(c2)OCO3)NC1=O. The summed E-state index contributed by atoms with van der Waals surface area (Å²) < 4.78 is 10.5. The standard InChI is InChI=1S/C12H11NO3/c1-7-4-9(13-12(7)14)8-2-3-10-11(5-8)16-6-15-10/h2-3,5,9H,1,4,6H2,(H,13,14). The number of carbonyl (C=O) groups excluding carboxylic acids is 1. The normalized spacial score (nSPS) is 22.4. The van der Waals surface area contributed by atoms with Crippen molar-refractivity contribution in [1.29, 1.82) is 0 Å². The molecule has 0 spiro atoms. The summed E-state index contributed by atoms with van der Waals surface area (Å²) in [7, 11) is 0. The van der Waals surface area contributed by atoms with Crippen molar-refractivity contribution in [1.82, 2.24) is 5.32 Å². The van der Waals surface area contributed by atoms with Crippen molar-refractivity contribution < 1.29 is 14.3 Å². The molecular weight excluding hydrogens is 206 g/mol. The highest BCUT2D eigenvalue weighted by Crippen LogP contribution is 2.36. The van der Waals surface area contributed by atoms with Gasteiger partial charge in [-0.3, -0.25) is 4.79 Å². The monoisotopic (exact) mass is 217 g/mol. The fourth-order valence-corrected chi connectivity index (χ4v) is 1.98. The molecule has 0 radical (unpaired) electrons. The zero-order valence-electron chi connectivity index (χ0n) is 8.66. The zero-order chi connectivity index (χ0) is 11.1. The molecule has 1 unspecified atom stereocenters. The number of ether oxygens (including phenoxy) is 2. The number of amides is 1. The molecule has 3 rings (SSSR count). The molecule has 0 aromatic heterocycles. The van der Waals surface area contributed by atoms with E-state index in [-0.39, 0.29) is 18.7 Å². The minimum atomic E-state index is -0.0670. The van der Waals surface area contributed by atoms with E-state index >= 15 is 0 Å². The Kier molecular flexibility index (Phi) is 1.89. The molecule has 2 aliphatic heterocycles. The Hall–Kier alpha value is -1.97. The Bertz CT molecular complexity index is 465. The Balaban J connectivity index is 1.91. The molecule has 16 heavy (non-hydrogen) atoms. The van der Waals surface area contributed by atoms with Crippen LogP contribution in [0.2, 0.25) is 0 Å². The molecule has 1 aromatic carbocycles. The van der Waals surface area contributed by atoms with Crippen LogP contribution in [0.3, 0.4) is 0 Å². The van der Waals surface area contributed by atoms with Crippen LogP contribution in [0.25, 0.3) is 0 Å². The quantitative estimate of drug-likeness (QED) is 0.726. The van der Waals surface area contributed by atoms with Crippen LogP contribution < -0.4 is 14.8 Å². The Morgan fingerprint density at radius 3 is 2.88 bits per heavy atom. The number of fused-ring (bicyclic) bond motifs is 1. The second-order valence-electron chi connectivity index (χ2n) is 3.95. The molecule has 0 saturated carbocycles. The zero-order valence-corrected chi connectivity index (χ0v) is 8.66. The van der Waals surface area contributed by atoms with Crippen molar-refractivity contribution in [3.8, 4) is 11.5 Å².